The molecule has 4 rings (SSSR count). The van der Waals surface area contributed by atoms with Crippen LogP contribution in [0.15, 0.2) is 53.6 Å². The van der Waals surface area contributed by atoms with Gasteiger partial charge >= 0.3 is 5.51 Å². The summed E-state index contributed by atoms with van der Waals surface area (Å²) in [6.45, 7) is 1.22. The summed E-state index contributed by atoms with van der Waals surface area (Å²) < 4.78 is 42.7. The van der Waals surface area contributed by atoms with Crippen molar-refractivity contribution in [3.05, 3.63) is 59.8 Å². The molecular formula is C22H21F3N2O2S. The molecule has 0 aliphatic carbocycles. The number of nitrogens with one attached hydrogen (secondary N) is 1. The van der Waals surface area contributed by atoms with Gasteiger partial charge < -0.3 is 14.6 Å². The Kier molecular flexibility index (Phi) is 5.69. The van der Waals surface area contributed by atoms with Gasteiger partial charge in [0.2, 0.25) is 0 Å². The molecule has 158 valence electrons. The number of rotatable bonds is 4. The predicted molar refractivity (Wildman–Crippen MR) is 111 cm³/mol. The summed E-state index contributed by atoms with van der Waals surface area (Å²) in [5.74, 6) is 1.00. The first-order valence-corrected chi connectivity index (χ1v) is 10.5. The number of halogens is 3. The lowest BCUT2D eigenvalue weighted by molar-refractivity contribution is -0.0328. The molecule has 3 aromatic rings. The highest BCUT2D eigenvalue weighted by atomic mass is 32.2. The number of fused-ring (bicyclic) bond motifs is 1. The van der Waals surface area contributed by atoms with Gasteiger partial charge in [-0.3, -0.25) is 4.79 Å². The molecule has 1 N–H and O–H groups in total. The van der Waals surface area contributed by atoms with Gasteiger partial charge in [0.15, 0.2) is 0 Å². The van der Waals surface area contributed by atoms with E-state index in [1.54, 1.807) is 12.0 Å². The Morgan fingerprint density at radius 1 is 1.13 bits per heavy atom. The number of hydrogen-bond acceptors (Lipinski definition) is 3. The molecule has 8 heteroatoms. The number of benzene rings is 2. The van der Waals surface area contributed by atoms with Gasteiger partial charge in [-0.25, -0.2) is 0 Å². The molecule has 30 heavy (non-hydrogen) atoms. The van der Waals surface area contributed by atoms with E-state index in [9.17, 15) is 18.0 Å². The number of H-pyrrole nitrogens is 1. The summed E-state index contributed by atoms with van der Waals surface area (Å²) >= 11 is -0.178. The minimum absolute atomic E-state index is 0.0764. The SMILES string of the molecule is COc1ccc2[nH]cc(C3CCN(C(=O)c4ccc(SC(F)(F)F)cc4)CC3)c2c1. The first kappa shape index (κ1) is 20.7. The van der Waals surface area contributed by atoms with E-state index in [2.05, 4.69) is 4.98 Å². The average Bonchev–Trinajstić information content (AvgIpc) is 3.16. The third kappa shape index (κ3) is 4.43. The van der Waals surface area contributed by atoms with E-state index in [0.29, 0.717) is 24.6 Å². The number of aromatic nitrogens is 1. The average molecular weight is 434 g/mol. The third-order valence-electron chi connectivity index (χ3n) is 5.48. The molecule has 0 radical (unpaired) electrons. The normalized spacial score (nSPS) is 15.5. The Morgan fingerprint density at radius 3 is 2.47 bits per heavy atom. The Balaban J connectivity index is 1.41. The molecular weight excluding hydrogens is 413 g/mol. The maximum Gasteiger partial charge on any atom is 0.446 e. The molecule has 0 spiro atoms. The summed E-state index contributed by atoms with van der Waals surface area (Å²) in [7, 11) is 1.64. The zero-order chi connectivity index (χ0) is 21.3. The van der Waals surface area contributed by atoms with Crippen LogP contribution in [-0.2, 0) is 0 Å². The molecule has 0 bridgehead atoms. The number of methoxy groups -OCH3 is 1. The van der Waals surface area contributed by atoms with E-state index in [1.807, 2.05) is 24.4 Å². The van der Waals surface area contributed by atoms with Crippen molar-refractivity contribution in [3.63, 3.8) is 0 Å². The first-order chi connectivity index (χ1) is 14.3. The van der Waals surface area contributed by atoms with Crippen LogP contribution in [0.2, 0.25) is 0 Å². The lowest BCUT2D eigenvalue weighted by Gasteiger charge is -2.32. The zero-order valence-corrected chi connectivity index (χ0v) is 17.1. The van der Waals surface area contributed by atoms with Gasteiger partial charge in [-0.15, -0.1) is 0 Å². The number of alkyl halides is 3. The van der Waals surface area contributed by atoms with Crippen LogP contribution in [0, 0.1) is 0 Å². The summed E-state index contributed by atoms with van der Waals surface area (Å²) in [6.07, 6.45) is 3.69. The topological polar surface area (TPSA) is 45.3 Å². The van der Waals surface area contributed by atoms with Crippen LogP contribution in [-0.4, -0.2) is 41.5 Å². The van der Waals surface area contributed by atoms with Crippen LogP contribution in [0.4, 0.5) is 13.2 Å². The van der Waals surface area contributed by atoms with Crippen LogP contribution >= 0.6 is 11.8 Å². The van der Waals surface area contributed by atoms with Crippen molar-refractivity contribution in [1.82, 2.24) is 9.88 Å². The molecule has 1 aliphatic rings. The summed E-state index contributed by atoms with van der Waals surface area (Å²) in [5, 5.41) is 1.14. The number of carbonyl (C=O) groups is 1. The molecule has 4 nitrogen and oxygen atoms in total. The minimum Gasteiger partial charge on any atom is -0.497 e. The summed E-state index contributed by atoms with van der Waals surface area (Å²) in [6, 6.07) is 11.6. The van der Waals surface area contributed by atoms with Gasteiger partial charge in [0.1, 0.15) is 5.75 Å². The van der Waals surface area contributed by atoms with E-state index in [0.717, 1.165) is 29.5 Å². The second kappa shape index (κ2) is 8.26. The van der Waals surface area contributed by atoms with Crippen LogP contribution in [0.5, 0.6) is 5.75 Å². The van der Waals surface area contributed by atoms with Crippen LogP contribution < -0.4 is 4.74 Å². The van der Waals surface area contributed by atoms with Crippen molar-refractivity contribution in [2.45, 2.75) is 29.2 Å². The largest absolute Gasteiger partial charge is 0.497 e. The Morgan fingerprint density at radius 2 is 1.83 bits per heavy atom. The van der Waals surface area contributed by atoms with Crippen LogP contribution in [0.25, 0.3) is 10.9 Å². The highest BCUT2D eigenvalue weighted by Gasteiger charge is 2.30. The quantitative estimate of drug-likeness (QED) is 0.527. The number of hydrogen-bond donors (Lipinski definition) is 1. The van der Waals surface area contributed by atoms with Crippen LogP contribution in [0.3, 0.4) is 0 Å². The van der Waals surface area contributed by atoms with E-state index in [1.165, 1.54) is 29.8 Å². The second-order valence-corrected chi connectivity index (χ2v) is 8.43. The third-order valence-corrected chi connectivity index (χ3v) is 6.22. The van der Waals surface area contributed by atoms with E-state index in [4.69, 9.17) is 4.74 Å². The molecule has 2 aromatic carbocycles. The van der Waals surface area contributed by atoms with Gasteiger partial charge in [-0.1, -0.05) is 0 Å². The van der Waals surface area contributed by atoms with Gasteiger partial charge in [0, 0.05) is 40.6 Å². The fourth-order valence-electron chi connectivity index (χ4n) is 3.96. The Bertz CT molecular complexity index is 1040. The Labute approximate surface area is 176 Å². The van der Waals surface area contributed by atoms with Gasteiger partial charge in [-0.2, -0.15) is 13.2 Å². The maximum absolute atomic E-state index is 12.8. The predicted octanol–water partition coefficient (Wildman–Crippen LogP) is 5.81. The molecule has 1 aliphatic heterocycles. The van der Waals surface area contributed by atoms with E-state index >= 15 is 0 Å². The summed E-state index contributed by atoms with van der Waals surface area (Å²) in [4.78, 5) is 17.9. The van der Waals surface area contributed by atoms with Gasteiger partial charge in [-0.05, 0) is 78.5 Å². The molecule has 0 saturated carbocycles. The fraction of sp³-hybridized carbons (Fsp3) is 0.318. The second-order valence-electron chi connectivity index (χ2n) is 7.29. The highest BCUT2D eigenvalue weighted by molar-refractivity contribution is 8.00. The number of amides is 1. The Hall–Kier alpha value is -2.61. The van der Waals surface area contributed by atoms with Crippen LogP contribution in [0.1, 0.15) is 34.7 Å². The van der Waals surface area contributed by atoms with Crippen molar-refractivity contribution in [1.29, 1.82) is 0 Å². The van der Waals surface area contributed by atoms with Gasteiger partial charge in [0.25, 0.3) is 5.91 Å². The van der Waals surface area contributed by atoms with Crippen molar-refractivity contribution < 1.29 is 22.7 Å². The number of carbonyl (C=O) groups excluding carboxylic acids is 1. The number of nitrogens with zero attached hydrogens (tertiary/aromatic N) is 1. The standard InChI is InChI=1S/C22H21F3N2O2S/c1-29-16-4-7-20-18(12-16)19(13-26-20)14-8-10-27(11-9-14)21(28)15-2-5-17(6-3-15)30-22(23,24)25/h2-7,12-14,26H,8-11H2,1H3. The zero-order valence-electron chi connectivity index (χ0n) is 16.3. The number of likely N-dealkylation sites (tertiary alicyclic amines) is 1. The lowest BCUT2D eigenvalue weighted by Crippen LogP contribution is -2.37. The first-order valence-electron chi connectivity index (χ1n) is 9.64. The van der Waals surface area contributed by atoms with E-state index in [-0.39, 0.29) is 22.6 Å². The highest BCUT2D eigenvalue weighted by Crippen LogP contribution is 2.37. The number of thioether (sulfide) groups is 1. The lowest BCUT2D eigenvalue weighted by atomic mass is 9.89. The molecule has 2 heterocycles. The smallest absolute Gasteiger partial charge is 0.446 e. The van der Waals surface area contributed by atoms with Gasteiger partial charge in [0.05, 0.1) is 7.11 Å². The molecule has 0 atom stereocenters. The molecule has 1 aromatic heterocycles. The van der Waals surface area contributed by atoms with Crippen molar-refractivity contribution in [3.8, 4) is 5.75 Å². The maximum atomic E-state index is 12.8. The monoisotopic (exact) mass is 434 g/mol. The molecule has 1 fully saturated rings. The molecule has 0 unspecified atom stereocenters. The number of piperidine rings is 1. The molecule has 1 saturated heterocycles. The van der Waals surface area contributed by atoms with Crippen molar-refractivity contribution >= 4 is 28.6 Å². The number of ether oxygens (including phenoxy) is 1. The van der Waals surface area contributed by atoms with E-state index < -0.39 is 5.51 Å². The summed E-state index contributed by atoms with van der Waals surface area (Å²) in [5.41, 5.74) is -1.64. The van der Waals surface area contributed by atoms with Crippen molar-refractivity contribution in [2.24, 2.45) is 0 Å². The fourth-order valence-corrected chi connectivity index (χ4v) is 4.50. The molecule has 1 amide bonds. The minimum atomic E-state index is -4.33. The number of aromatic amines is 1. The van der Waals surface area contributed by atoms with Crippen molar-refractivity contribution in [2.75, 3.05) is 20.2 Å².